The summed E-state index contributed by atoms with van der Waals surface area (Å²) < 4.78 is 5.61. The van der Waals surface area contributed by atoms with Gasteiger partial charge in [-0.3, -0.25) is 4.90 Å². The molecule has 0 saturated carbocycles. The molecule has 0 radical (unpaired) electrons. The van der Waals surface area contributed by atoms with E-state index in [1.54, 1.807) is 6.20 Å². The van der Waals surface area contributed by atoms with Crippen LogP contribution in [0, 0.1) is 0 Å². The molecule has 0 spiro atoms. The van der Waals surface area contributed by atoms with Crippen molar-refractivity contribution in [1.82, 2.24) is 14.9 Å². The number of hydrogen-bond acceptors (Lipinski definition) is 5. The topological polar surface area (TPSA) is 58.5 Å². The molecule has 0 atom stereocenters. The molecule has 18 heavy (non-hydrogen) atoms. The Bertz CT molecular complexity index is 348. The van der Waals surface area contributed by atoms with Crippen molar-refractivity contribution in [3.05, 3.63) is 18.1 Å². The number of hydrogen-bond donors (Lipinski definition) is 1. The van der Waals surface area contributed by atoms with Crippen molar-refractivity contribution in [1.29, 1.82) is 0 Å². The summed E-state index contributed by atoms with van der Waals surface area (Å²) in [5.74, 6) is 0.472. The molecule has 1 rings (SSSR count). The minimum absolute atomic E-state index is 0.103. The zero-order valence-corrected chi connectivity index (χ0v) is 11.6. The van der Waals surface area contributed by atoms with E-state index < -0.39 is 0 Å². The van der Waals surface area contributed by atoms with Crippen LogP contribution in [-0.2, 0) is 6.61 Å². The second-order valence-electron chi connectivity index (χ2n) is 4.79. The van der Waals surface area contributed by atoms with Crippen molar-refractivity contribution in [2.24, 2.45) is 0 Å². The Kier molecular flexibility index (Phi) is 6.01. The van der Waals surface area contributed by atoms with Crippen LogP contribution in [0.1, 0.15) is 33.3 Å². The Balaban J connectivity index is 2.50. The van der Waals surface area contributed by atoms with E-state index in [1.807, 2.05) is 0 Å². The number of ether oxygens (including phenoxy) is 1. The molecule has 0 unspecified atom stereocenters. The van der Waals surface area contributed by atoms with Crippen LogP contribution in [-0.4, -0.2) is 45.2 Å². The minimum atomic E-state index is -0.103. The lowest BCUT2D eigenvalue weighted by Gasteiger charge is -2.30. The van der Waals surface area contributed by atoms with Gasteiger partial charge in [-0.25, -0.2) is 9.97 Å². The summed E-state index contributed by atoms with van der Waals surface area (Å²) in [6.07, 6.45) is 3.00. The molecular weight excluding hydrogens is 230 g/mol. The molecule has 0 aliphatic heterocycles. The number of aliphatic hydroxyl groups excluding tert-OH is 1. The van der Waals surface area contributed by atoms with Gasteiger partial charge in [0, 0.05) is 24.8 Å². The Labute approximate surface area is 109 Å². The van der Waals surface area contributed by atoms with Gasteiger partial charge in [-0.15, -0.1) is 0 Å². The van der Waals surface area contributed by atoms with Gasteiger partial charge in [0.25, 0.3) is 0 Å². The highest BCUT2D eigenvalue weighted by atomic mass is 16.5. The van der Waals surface area contributed by atoms with Crippen LogP contribution in [0.3, 0.4) is 0 Å². The lowest BCUT2D eigenvalue weighted by molar-refractivity contribution is 0.138. The third-order valence-corrected chi connectivity index (χ3v) is 2.83. The maximum Gasteiger partial charge on any atom is 0.222 e. The minimum Gasteiger partial charge on any atom is -0.476 e. The largest absolute Gasteiger partial charge is 0.476 e. The number of aliphatic hydroxyl groups is 1. The van der Waals surface area contributed by atoms with Crippen molar-refractivity contribution < 1.29 is 9.84 Å². The Morgan fingerprint density at radius 3 is 2.50 bits per heavy atom. The van der Waals surface area contributed by atoms with E-state index in [4.69, 9.17) is 9.84 Å². The molecule has 1 aromatic heterocycles. The number of aromatic nitrogens is 2. The fourth-order valence-corrected chi connectivity index (χ4v) is 1.95. The molecule has 0 saturated heterocycles. The monoisotopic (exact) mass is 253 g/mol. The van der Waals surface area contributed by atoms with Gasteiger partial charge in [0.1, 0.15) is 12.9 Å². The summed E-state index contributed by atoms with van der Waals surface area (Å²) in [4.78, 5) is 10.2. The van der Waals surface area contributed by atoms with E-state index in [9.17, 15) is 0 Å². The van der Waals surface area contributed by atoms with Gasteiger partial charge in [-0.2, -0.15) is 0 Å². The molecule has 5 heteroatoms. The number of rotatable bonds is 7. The molecule has 0 aliphatic carbocycles. The first-order valence-electron chi connectivity index (χ1n) is 6.34. The van der Waals surface area contributed by atoms with E-state index in [2.05, 4.69) is 42.6 Å². The quantitative estimate of drug-likeness (QED) is 0.797. The zero-order valence-electron chi connectivity index (χ0n) is 11.6. The van der Waals surface area contributed by atoms with Gasteiger partial charge in [-0.05, 0) is 27.7 Å². The average Bonchev–Trinajstić information content (AvgIpc) is 2.34. The molecule has 0 aromatic carbocycles. The normalized spacial score (nSPS) is 11.6. The molecule has 0 aliphatic rings. The van der Waals surface area contributed by atoms with Gasteiger partial charge in [0.15, 0.2) is 0 Å². The maximum absolute atomic E-state index is 9.13. The standard InChI is InChI=1S/C13H23N3O2/c1-10(2)16(11(3)4)5-6-18-13-12(8-17)7-14-9-15-13/h7,9-11,17H,5-6,8H2,1-4H3. The van der Waals surface area contributed by atoms with E-state index in [1.165, 1.54) is 6.33 Å². The second kappa shape index (κ2) is 7.28. The fraction of sp³-hybridized carbons (Fsp3) is 0.692. The number of nitrogens with zero attached hydrogens (tertiary/aromatic N) is 3. The predicted molar refractivity (Wildman–Crippen MR) is 70.4 cm³/mol. The highest BCUT2D eigenvalue weighted by Crippen LogP contribution is 2.13. The third kappa shape index (κ3) is 4.23. The molecule has 1 heterocycles. The summed E-state index contributed by atoms with van der Waals surface area (Å²) in [7, 11) is 0. The molecular formula is C13H23N3O2. The van der Waals surface area contributed by atoms with Crippen LogP contribution < -0.4 is 4.74 Å². The molecule has 1 N–H and O–H groups in total. The summed E-state index contributed by atoms with van der Waals surface area (Å²) in [5, 5.41) is 9.13. The molecule has 0 bridgehead atoms. The van der Waals surface area contributed by atoms with Gasteiger partial charge in [-0.1, -0.05) is 0 Å². The van der Waals surface area contributed by atoms with Crippen molar-refractivity contribution in [3.8, 4) is 5.88 Å². The smallest absolute Gasteiger partial charge is 0.222 e. The van der Waals surface area contributed by atoms with Crippen LogP contribution in [0.5, 0.6) is 5.88 Å². The second-order valence-corrected chi connectivity index (χ2v) is 4.79. The lowest BCUT2D eigenvalue weighted by Crippen LogP contribution is -2.39. The molecule has 0 fully saturated rings. The van der Waals surface area contributed by atoms with Gasteiger partial charge < -0.3 is 9.84 Å². The molecule has 102 valence electrons. The molecule has 5 nitrogen and oxygen atoms in total. The first kappa shape index (κ1) is 14.9. The zero-order chi connectivity index (χ0) is 13.5. The molecule has 1 aromatic rings. The first-order chi connectivity index (χ1) is 8.56. The third-order valence-electron chi connectivity index (χ3n) is 2.83. The van der Waals surface area contributed by atoms with Crippen molar-refractivity contribution >= 4 is 0 Å². The van der Waals surface area contributed by atoms with E-state index >= 15 is 0 Å². The SMILES string of the molecule is CC(C)N(CCOc1ncncc1CO)C(C)C. The van der Waals surface area contributed by atoms with E-state index in [0.29, 0.717) is 30.1 Å². The summed E-state index contributed by atoms with van der Waals surface area (Å²) in [6, 6.07) is 0.965. The van der Waals surface area contributed by atoms with Crippen molar-refractivity contribution in [3.63, 3.8) is 0 Å². The van der Waals surface area contributed by atoms with Crippen molar-refractivity contribution in [2.45, 2.75) is 46.4 Å². The van der Waals surface area contributed by atoms with Crippen LogP contribution in [0.15, 0.2) is 12.5 Å². The maximum atomic E-state index is 9.13. The van der Waals surface area contributed by atoms with Crippen LogP contribution >= 0.6 is 0 Å². The Morgan fingerprint density at radius 1 is 1.28 bits per heavy atom. The summed E-state index contributed by atoms with van der Waals surface area (Å²) in [6.45, 7) is 9.97. The van der Waals surface area contributed by atoms with Crippen LogP contribution in [0.4, 0.5) is 0 Å². The van der Waals surface area contributed by atoms with Gasteiger partial charge in [0.05, 0.1) is 12.2 Å². The Hall–Kier alpha value is -1.20. The fourth-order valence-electron chi connectivity index (χ4n) is 1.95. The van der Waals surface area contributed by atoms with Crippen LogP contribution in [0.25, 0.3) is 0 Å². The van der Waals surface area contributed by atoms with Gasteiger partial charge in [0.2, 0.25) is 5.88 Å². The van der Waals surface area contributed by atoms with Crippen LogP contribution in [0.2, 0.25) is 0 Å². The van der Waals surface area contributed by atoms with Gasteiger partial charge >= 0.3 is 0 Å². The predicted octanol–water partition coefficient (Wildman–Crippen LogP) is 1.47. The Morgan fingerprint density at radius 2 is 1.94 bits per heavy atom. The highest BCUT2D eigenvalue weighted by Gasteiger charge is 2.13. The average molecular weight is 253 g/mol. The first-order valence-corrected chi connectivity index (χ1v) is 6.34. The summed E-state index contributed by atoms with van der Waals surface area (Å²) in [5.41, 5.74) is 0.623. The summed E-state index contributed by atoms with van der Waals surface area (Å²) >= 11 is 0. The molecule has 0 amide bonds. The van der Waals surface area contributed by atoms with E-state index in [-0.39, 0.29) is 6.61 Å². The van der Waals surface area contributed by atoms with Crippen molar-refractivity contribution in [2.75, 3.05) is 13.2 Å². The van der Waals surface area contributed by atoms with E-state index in [0.717, 1.165) is 6.54 Å². The lowest BCUT2D eigenvalue weighted by atomic mass is 10.2. The highest BCUT2D eigenvalue weighted by molar-refractivity contribution is 5.20.